The van der Waals surface area contributed by atoms with E-state index in [1.54, 1.807) is 0 Å². The van der Waals surface area contributed by atoms with Crippen LogP contribution in [-0.4, -0.2) is 5.78 Å². The second kappa shape index (κ2) is 1.22. The minimum absolute atomic E-state index is 0.341. The van der Waals surface area contributed by atoms with Gasteiger partial charge < -0.3 is 0 Å². The van der Waals surface area contributed by atoms with Gasteiger partial charge in [0.1, 0.15) is 0 Å². The highest BCUT2D eigenvalue weighted by Crippen LogP contribution is 2.43. The summed E-state index contributed by atoms with van der Waals surface area (Å²) in [4.78, 5) is 10.6. The summed E-state index contributed by atoms with van der Waals surface area (Å²) in [6, 6.07) is 0. The van der Waals surface area contributed by atoms with E-state index in [9.17, 15) is 4.79 Å². The number of carbonyl (C=O) groups is 1. The van der Waals surface area contributed by atoms with Crippen molar-refractivity contribution in [1.29, 1.82) is 0 Å². The van der Waals surface area contributed by atoms with Gasteiger partial charge in [-0.15, -0.1) is 0 Å². The second-order valence-corrected chi connectivity index (χ2v) is 2.63. The molecule has 0 radical (unpaired) electrons. The maximum Gasteiger partial charge on any atom is 0.155 e. The van der Waals surface area contributed by atoms with Gasteiger partial charge in [-0.3, -0.25) is 4.79 Å². The van der Waals surface area contributed by atoms with Crippen LogP contribution >= 0.6 is 0 Å². The summed E-state index contributed by atoms with van der Waals surface area (Å²) < 4.78 is 0. The molecule has 2 rings (SSSR count). The van der Waals surface area contributed by atoms with Crippen LogP contribution in [-0.2, 0) is 4.79 Å². The van der Waals surface area contributed by atoms with E-state index >= 15 is 0 Å². The summed E-state index contributed by atoms with van der Waals surface area (Å²) in [6.45, 7) is 0. The number of hydrogen-bond donors (Lipinski definition) is 0. The van der Waals surface area contributed by atoms with E-state index in [0.29, 0.717) is 5.78 Å². The molecule has 0 aromatic heterocycles. The van der Waals surface area contributed by atoms with Crippen LogP contribution in [0.2, 0.25) is 0 Å². The van der Waals surface area contributed by atoms with Crippen molar-refractivity contribution >= 4 is 5.78 Å². The van der Waals surface area contributed by atoms with Gasteiger partial charge in [0.2, 0.25) is 0 Å². The first kappa shape index (κ1) is 4.30. The molecule has 42 valence electrons. The van der Waals surface area contributed by atoms with Crippen molar-refractivity contribution in [2.24, 2.45) is 5.92 Å². The SMILES string of the molecule is O=C1C=C2CC2CC1. The van der Waals surface area contributed by atoms with E-state index in [4.69, 9.17) is 0 Å². The van der Waals surface area contributed by atoms with E-state index in [-0.39, 0.29) is 0 Å². The summed E-state index contributed by atoms with van der Waals surface area (Å²) in [5.74, 6) is 1.17. The molecule has 1 fully saturated rings. The molecular formula is C7H8O. The molecule has 0 aromatic carbocycles. The van der Waals surface area contributed by atoms with Gasteiger partial charge in [-0.05, 0) is 24.8 Å². The second-order valence-electron chi connectivity index (χ2n) is 2.63. The van der Waals surface area contributed by atoms with Crippen molar-refractivity contribution in [1.82, 2.24) is 0 Å². The number of rotatable bonds is 0. The van der Waals surface area contributed by atoms with Gasteiger partial charge in [-0.25, -0.2) is 0 Å². The van der Waals surface area contributed by atoms with Crippen molar-refractivity contribution in [2.75, 3.05) is 0 Å². The molecule has 1 heteroatoms. The number of ketones is 1. The van der Waals surface area contributed by atoms with Crippen LogP contribution in [0.1, 0.15) is 19.3 Å². The molecule has 0 heterocycles. The van der Waals surface area contributed by atoms with Crippen molar-refractivity contribution in [3.05, 3.63) is 11.6 Å². The Kier molecular flexibility index (Phi) is 0.655. The third kappa shape index (κ3) is 0.507. The Labute approximate surface area is 48.4 Å². The molecule has 1 unspecified atom stereocenters. The molecule has 1 saturated carbocycles. The fourth-order valence-electron chi connectivity index (χ4n) is 1.29. The zero-order valence-electron chi connectivity index (χ0n) is 4.68. The summed E-state index contributed by atoms with van der Waals surface area (Å²) in [6.07, 6.45) is 4.97. The maximum atomic E-state index is 10.6. The minimum atomic E-state index is 0.341. The van der Waals surface area contributed by atoms with Gasteiger partial charge >= 0.3 is 0 Å². The molecule has 8 heavy (non-hydrogen) atoms. The summed E-state index contributed by atoms with van der Waals surface area (Å²) in [7, 11) is 0. The molecular weight excluding hydrogens is 100 g/mol. The first-order valence-corrected chi connectivity index (χ1v) is 3.09. The lowest BCUT2D eigenvalue weighted by atomic mass is 10.1. The Bertz CT molecular complexity index is 167. The van der Waals surface area contributed by atoms with Gasteiger partial charge in [0.25, 0.3) is 0 Å². The zero-order chi connectivity index (χ0) is 5.56. The lowest BCUT2D eigenvalue weighted by molar-refractivity contribution is -0.115. The smallest absolute Gasteiger partial charge is 0.155 e. The van der Waals surface area contributed by atoms with E-state index in [0.717, 1.165) is 18.8 Å². The zero-order valence-corrected chi connectivity index (χ0v) is 4.68. The lowest BCUT2D eigenvalue weighted by Crippen LogP contribution is -1.96. The highest BCUT2D eigenvalue weighted by molar-refractivity contribution is 5.92. The number of fused-ring (bicyclic) bond motifs is 1. The normalized spacial score (nSPS) is 33.8. The van der Waals surface area contributed by atoms with Crippen LogP contribution < -0.4 is 0 Å². The summed E-state index contributed by atoms with van der Waals surface area (Å²) in [5.41, 5.74) is 1.40. The highest BCUT2D eigenvalue weighted by atomic mass is 16.1. The molecule has 1 atom stereocenters. The molecule has 0 N–H and O–H groups in total. The van der Waals surface area contributed by atoms with Gasteiger partial charge in [-0.1, -0.05) is 5.57 Å². The maximum absolute atomic E-state index is 10.6. The quantitative estimate of drug-likeness (QED) is 0.457. The first-order chi connectivity index (χ1) is 3.86. The van der Waals surface area contributed by atoms with Crippen molar-refractivity contribution in [3.8, 4) is 0 Å². The molecule has 0 saturated heterocycles. The Hall–Kier alpha value is -0.590. The van der Waals surface area contributed by atoms with Gasteiger partial charge in [0, 0.05) is 6.42 Å². The average molecular weight is 108 g/mol. The molecule has 0 amide bonds. The van der Waals surface area contributed by atoms with E-state index < -0.39 is 0 Å². The van der Waals surface area contributed by atoms with E-state index in [1.165, 1.54) is 12.0 Å². The van der Waals surface area contributed by atoms with Crippen molar-refractivity contribution in [3.63, 3.8) is 0 Å². The Morgan fingerprint density at radius 3 is 3.12 bits per heavy atom. The predicted molar refractivity (Wildman–Crippen MR) is 30.4 cm³/mol. The topological polar surface area (TPSA) is 17.1 Å². The number of allylic oxidation sites excluding steroid dienone is 2. The molecule has 0 spiro atoms. The molecule has 0 aromatic rings. The third-order valence-corrected chi connectivity index (χ3v) is 1.93. The van der Waals surface area contributed by atoms with Crippen LogP contribution in [0.3, 0.4) is 0 Å². The summed E-state index contributed by atoms with van der Waals surface area (Å²) >= 11 is 0. The lowest BCUT2D eigenvalue weighted by Gasteiger charge is -1.96. The van der Waals surface area contributed by atoms with Crippen LogP contribution in [0.15, 0.2) is 11.6 Å². The summed E-state index contributed by atoms with van der Waals surface area (Å²) in [5, 5.41) is 0. The average Bonchev–Trinajstić information content (AvgIpc) is 2.43. The number of carbonyl (C=O) groups excluding carboxylic acids is 1. The van der Waals surface area contributed by atoms with Crippen LogP contribution in [0, 0.1) is 5.92 Å². The van der Waals surface area contributed by atoms with Crippen molar-refractivity contribution in [2.45, 2.75) is 19.3 Å². The van der Waals surface area contributed by atoms with Crippen molar-refractivity contribution < 1.29 is 4.79 Å². The first-order valence-electron chi connectivity index (χ1n) is 3.09. The van der Waals surface area contributed by atoms with Gasteiger partial charge in [0.15, 0.2) is 5.78 Å². The molecule has 0 bridgehead atoms. The Morgan fingerprint density at radius 2 is 2.50 bits per heavy atom. The van der Waals surface area contributed by atoms with E-state index in [1.807, 2.05) is 6.08 Å². The predicted octanol–water partition coefficient (Wildman–Crippen LogP) is 1.30. The fraction of sp³-hybridized carbons (Fsp3) is 0.571. The minimum Gasteiger partial charge on any atom is -0.295 e. The number of hydrogen-bond acceptors (Lipinski definition) is 1. The van der Waals surface area contributed by atoms with Crippen LogP contribution in [0.5, 0.6) is 0 Å². The van der Waals surface area contributed by atoms with Gasteiger partial charge in [0.05, 0.1) is 0 Å². The Balaban J connectivity index is 2.27. The molecule has 2 aliphatic carbocycles. The monoisotopic (exact) mass is 108 g/mol. The van der Waals surface area contributed by atoms with Crippen LogP contribution in [0.25, 0.3) is 0 Å². The third-order valence-electron chi connectivity index (χ3n) is 1.93. The Morgan fingerprint density at radius 1 is 1.62 bits per heavy atom. The molecule has 2 aliphatic rings. The van der Waals surface area contributed by atoms with Crippen LogP contribution in [0.4, 0.5) is 0 Å². The van der Waals surface area contributed by atoms with Gasteiger partial charge in [-0.2, -0.15) is 0 Å². The molecule has 0 aliphatic heterocycles. The highest BCUT2D eigenvalue weighted by Gasteiger charge is 2.33. The fourth-order valence-corrected chi connectivity index (χ4v) is 1.29. The van der Waals surface area contributed by atoms with E-state index in [2.05, 4.69) is 0 Å². The standard InChI is InChI=1S/C7H8O/c8-7-2-1-5-3-6(5)4-7/h4-5H,1-3H2. The largest absolute Gasteiger partial charge is 0.295 e. The molecule has 1 nitrogen and oxygen atoms in total.